The van der Waals surface area contributed by atoms with Gasteiger partial charge in [-0.2, -0.15) is 4.31 Å². The van der Waals surface area contributed by atoms with E-state index in [1.807, 2.05) is 0 Å². The average Bonchev–Trinajstić information content (AvgIpc) is 2.98. The summed E-state index contributed by atoms with van der Waals surface area (Å²) >= 11 is 0. The van der Waals surface area contributed by atoms with Gasteiger partial charge in [-0.15, -0.1) is 0 Å². The largest absolute Gasteiger partial charge is 0.493 e. The van der Waals surface area contributed by atoms with Gasteiger partial charge >= 0.3 is 0 Å². The van der Waals surface area contributed by atoms with Crippen LogP contribution < -0.4 is 10.1 Å². The van der Waals surface area contributed by atoms with Crippen molar-refractivity contribution in [3.8, 4) is 5.75 Å². The fourth-order valence-electron chi connectivity index (χ4n) is 3.04. The van der Waals surface area contributed by atoms with E-state index in [9.17, 15) is 13.2 Å². The van der Waals surface area contributed by atoms with E-state index in [2.05, 4.69) is 10.3 Å². The standard InChI is InChI=1S/C19H23N3O4S/c1-26-17-7-6-12-20-18(17)21-19(23)15-8-10-16(11-9-15)27(24,25)22-13-4-2-3-5-14-22/h6-12H,2-5,13-14H2,1H3,(H,20,21,23). The number of pyridine rings is 1. The van der Waals surface area contributed by atoms with E-state index in [-0.39, 0.29) is 10.8 Å². The van der Waals surface area contributed by atoms with Crippen LogP contribution in [0.1, 0.15) is 36.0 Å². The Balaban J connectivity index is 1.75. The summed E-state index contributed by atoms with van der Waals surface area (Å²) in [5, 5.41) is 2.67. The molecule has 1 saturated heterocycles. The third kappa shape index (κ3) is 4.45. The second-order valence-corrected chi connectivity index (χ2v) is 8.29. The van der Waals surface area contributed by atoms with Gasteiger partial charge in [0, 0.05) is 24.8 Å². The summed E-state index contributed by atoms with van der Waals surface area (Å²) in [6.07, 6.45) is 5.43. The van der Waals surface area contributed by atoms with Crippen molar-refractivity contribution < 1.29 is 17.9 Å². The molecule has 3 rings (SSSR count). The second-order valence-electron chi connectivity index (χ2n) is 6.35. The van der Waals surface area contributed by atoms with Crippen molar-refractivity contribution in [2.45, 2.75) is 30.6 Å². The van der Waals surface area contributed by atoms with E-state index < -0.39 is 10.0 Å². The number of carbonyl (C=O) groups excluding carboxylic acids is 1. The molecule has 1 aromatic heterocycles. The lowest BCUT2D eigenvalue weighted by Crippen LogP contribution is -2.31. The third-order valence-electron chi connectivity index (χ3n) is 4.54. The Bertz CT molecular complexity index is 889. The molecule has 0 radical (unpaired) electrons. The molecule has 0 atom stereocenters. The van der Waals surface area contributed by atoms with Crippen LogP contribution in [0, 0.1) is 0 Å². The van der Waals surface area contributed by atoms with Crippen molar-refractivity contribution in [1.29, 1.82) is 0 Å². The number of rotatable bonds is 5. The van der Waals surface area contributed by atoms with Crippen LogP contribution in [0.25, 0.3) is 0 Å². The second kappa shape index (κ2) is 8.49. The Morgan fingerprint density at radius 3 is 2.37 bits per heavy atom. The zero-order valence-electron chi connectivity index (χ0n) is 15.2. The highest BCUT2D eigenvalue weighted by Gasteiger charge is 2.25. The van der Waals surface area contributed by atoms with E-state index in [1.165, 1.54) is 35.7 Å². The molecule has 144 valence electrons. The van der Waals surface area contributed by atoms with Gasteiger partial charge in [0.15, 0.2) is 11.6 Å². The minimum Gasteiger partial charge on any atom is -0.493 e. The van der Waals surface area contributed by atoms with Gasteiger partial charge in [-0.3, -0.25) is 4.79 Å². The van der Waals surface area contributed by atoms with Gasteiger partial charge in [-0.05, 0) is 49.2 Å². The summed E-state index contributed by atoms with van der Waals surface area (Å²) in [7, 11) is -2.03. The van der Waals surface area contributed by atoms with Gasteiger partial charge < -0.3 is 10.1 Å². The van der Waals surface area contributed by atoms with Crippen molar-refractivity contribution in [2.75, 3.05) is 25.5 Å². The van der Waals surface area contributed by atoms with Crippen molar-refractivity contribution in [3.05, 3.63) is 48.2 Å². The molecule has 0 unspecified atom stereocenters. The van der Waals surface area contributed by atoms with Gasteiger partial charge in [0.1, 0.15) is 0 Å². The first-order chi connectivity index (χ1) is 13.0. The molecule has 1 fully saturated rings. The summed E-state index contributed by atoms with van der Waals surface area (Å²) < 4.78 is 32.3. The van der Waals surface area contributed by atoms with Crippen molar-refractivity contribution in [1.82, 2.24) is 9.29 Å². The van der Waals surface area contributed by atoms with Crippen LogP contribution in [0.4, 0.5) is 5.82 Å². The Labute approximate surface area is 159 Å². The lowest BCUT2D eigenvalue weighted by atomic mass is 10.2. The number of carbonyl (C=O) groups is 1. The minimum absolute atomic E-state index is 0.205. The van der Waals surface area contributed by atoms with Crippen LogP contribution >= 0.6 is 0 Å². The van der Waals surface area contributed by atoms with E-state index in [4.69, 9.17) is 4.74 Å². The molecule has 1 amide bonds. The Morgan fingerprint density at radius 1 is 1.07 bits per heavy atom. The first kappa shape index (κ1) is 19.3. The maximum absolute atomic E-state index is 12.8. The normalized spacial score (nSPS) is 15.7. The zero-order valence-corrected chi connectivity index (χ0v) is 16.0. The van der Waals surface area contributed by atoms with Gasteiger partial charge in [0.25, 0.3) is 5.91 Å². The highest BCUT2D eigenvalue weighted by atomic mass is 32.2. The first-order valence-electron chi connectivity index (χ1n) is 8.93. The molecule has 0 aliphatic carbocycles. The molecule has 0 saturated carbocycles. The van der Waals surface area contributed by atoms with E-state index >= 15 is 0 Å². The highest BCUT2D eigenvalue weighted by Crippen LogP contribution is 2.23. The number of amides is 1. The fraction of sp³-hybridized carbons (Fsp3) is 0.368. The zero-order chi connectivity index (χ0) is 19.3. The van der Waals surface area contributed by atoms with Crippen molar-refractivity contribution in [3.63, 3.8) is 0 Å². The number of nitrogens with zero attached hydrogens (tertiary/aromatic N) is 2. The molecule has 7 nitrogen and oxygen atoms in total. The Hall–Kier alpha value is -2.45. The molecule has 0 spiro atoms. The van der Waals surface area contributed by atoms with Gasteiger partial charge in [0.05, 0.1) is 12.0 Å². The van der Waals surface area contributed by atoms with Gasteiger partial charge in [0.2, 0.25) is 10.0 Å². The van der Waals surface area contributed by atoms with Crippen LogP contribution in [0.2, 0.25) is 0 Å². The smallest absolute Gasteiger partial charge is 0.256 e. The quantitative estimate of drug-likeness (QED) is 0.849. The molecule has 0 bridgehead atoms. The molecule has 1 aliphatic heterocycles. The number of hydrogen-bond donors (Lipinski definition) is 1. The molecule has 2 aromatic rings. The molecular weight excluding hydrogens is 366 g/mol. The van der Waals surface area contributed by atoms with Crippen molar-refractivity contribution >= 4 is 21.7 Å². The van der Waals surface area contributed by atoms with Gasteiger partial charge in [-0.25, -0.2) is 13.4 Å². The van der Waals surface area contributed by atoms with Crippen LogP contribution in [-0.2, 0) is 10.0 Å². The maximum Gasteiger partial charge on any atom is 0.256 e. The summed E-state index contributed by atoms with van der Waals surface area (Å²) in [6.45, 7) is 1.09. The maximum atomic E-state index is 12.8. The van der Waals surface area contributed by atoms with Gasteiger partial charge in [-0.1, -0.05) is 12.8 Å². The van der Waals surface area contributed by atoms with Crippen LogP contribution in [0.5, 0.6) is 5.75 Å². The van der Waals surface area contributed by atoms with Crippen LogP contribution in [0.15, 0.2) is 47.5 Å². The minimum atomic E-state index is -3.53. The number of hydrogen-bond acceptors (Lipinski definition) is 5. The predicted octanol–water partition coefficient (Wildman–Crippen LogP) is 2.91. The van der Waals surface area contributed by atoms with Crippen LogP contribution in [0.3, 0.4) is 0 Å². The molecule has 2 heterocycles. The van der Waals surface area contributed by atoms with E-state index in [0.717, 1.165) is 25.7 Å². The summed E-state index contributed by atoms with van der Waals surface area (Å²) in [6, 6.07) is 9.37. The van der Waals surface area contributed by atoms with E-state index in [1.54, 1.807) is 18.3 Å². The topological polar surface area (TPSA) is 88.6 Å². The number of aromatic nitrogens is 1. The Kier molecular flexibility index (Phi) is 6.08. The monoisotopic (exact) mass is 389 g/mol. The number of methoxy groups -OCH3 is 1. The highest BCUT2D eigenvalue weighted by molar-refractivity contribution is 7.89. The first-order valence-corrected chi connectivity index (χ1v) is 10.4. The van der Waals surface area contributed by atoms with Crippen molar-refractivity contribution in [2.24, 2.45) is 0 Å². The third-order valence-corrected chi connectivity index (χ3v) is 6.45. The number of nitrogens with one attached hydrogen (secondary N) is 1. The van der Waals surface area contributed by atoms with E-state index in [0.29, 0.717) is 30.2 Å². The number of anilines is 1. The predicted molar refractivity (Wildman–Crippen MR) is 102 cm³/mol. The number of sulfonamides is 1. The summed E-state index contributed by atoms with van der Waals surface area (Å²) in [5.74, 6) is 0.378. The fourth-order valence-corrected chi connectivity index (χ4v) is 4.56. The SMILES string of the molecule is COc1cccnc1NC(=O)c1ccc(S(=O)(=O)N2CCCCCC2)cc1. The average molecular weight is 389 g/mol. The van der Waals surface area contributed by atoms with Crippen LogP contribution in [-0.4, -0.2) is 43.8 Å². The summed E-state index contributed by atoms with van der Waals surface area (Å²) in [4.78, 5) is 16.7. The number of ether oxygens (including phenoxy) is 1. The number of benzene rings is 1. The lowest BCUT2D eigenvalue weighted by Gasteiger charge is -2.20. The molecule has 8 heteroatoms. The Morgan fingerprint density at radius 2 is 1.74 bits per heavy atom. The summed E-state index contributed by atoms with van der Waals surface area (Å²) in [5.41, 5.74) is 0.345. The molecule has 1 aromatic carbocycles. The molecular formula is C19H23N3O4S. The molecule has 1 aliphatic rings. The molecule has 27 heavy (non-hydrogen) atoms. The lowest BCUT2D eigenvalue weighted by molar-refractivity contribution is 0.102. The molecule has 1 N–H and O–H groups in total.